The van der Waals surface area contributed by atoms with Crippen molar-refractivity contribution in [3.8, 4) is 33.6 Å². The van der Waals surface area contributed by atoms with Gasteiger partial charge < -0.3 is 10.0 Å². The lowest BCUT2D eigenvalue weighted by molar-refractivity contribution is -0.154. The number of aromatic nitrogens is 2. The third-order valence-electron chi connectivity index (χ3n) is 9.18. The Kier molecular flexibility index (Phi) is 10.3. The number of carbonyl (C=O) groups excluding carboxylic acids is 2. The number of hydrogen-bond acceptors (Lipinski definition) is 6. The number of hydrogen-bond donors (Lipinski definition) is 1. The van der Waals surface area contributed by atoms with Crippen molar-refractivity contribution in [3.05, 3.63) is 118 Å². The number of benzene rings is 3. The third kappa shape index (κ3) is 8.35. The molecule has 0 spiro atoms. The third-order valence-corrected chi connectivity index (χ3v) is 10.7. The number of aliphatic carboxylic acids is 1. The van der Waals surface area contributed by atoms with Gasteiger partial charge >= 0.3 is 12.1 Å². The monoisotopic (exact) mass is 747 g/mol. The van der Waals surface area contributed by atoms with Crippen molar-refractivity contribution in [1.82, 2.24) is 14.9 Å². The molecule has 6 rings (SSSR count). The van der Waals surface area contributed by atoms with Gasteiger partial charge in [0.15, 0.2) is 11.6 Å². The first-order valence-electron chi connectivity index (χ1n) is 16.7. The predicted molar refractivity (Wildman–Crippen MR) is 190 cm³/mol. The Balaban J connectivity index is 1.16. The Morgan fingerprint density at radius 3 is 2.00 bits per heavy atom. The highest BCUT2D eigenvalue weighted by atomic mass is 32.1. The van der Waals surface area contributed by atoms with Gasteiger partial charge in [-0.3, -0.25) is 14.4 Å². The number of halogens is 5. The molecule has 0 unspecified atom stereocenters. The van der Waals surface area contributed by atoms with Gasteiger partial charge in [-0.1, -0.05) is 63.2 Å². The van der Waals surface area contributed by atoms with Crippen molar-refractivity contribution in [2.45, 2.75) is 45.2 Å². The summed E-state index contributed by atoms with van der Waals surface area (Å²) in [6, 6.07) is 16.7. The highest BCUT2D eigenvalue weighted by Crippen LogP contribution is 2.35. The van der Waals surface area contributed by atoms with Crippen LogP contribution in [0.25, 0.3) is 33.6 Å². The number of alkyl halides is 3. The molecule has 5 aromatic rings. The summed E-state index contributed by atoms with van der Waals surface area (Å²) in [5.41, 5.74) is 0.472. The number of thiophene rings is 1. The summed E-state index contributed by atoms with van der Waals surface area (Å²) in [5.74, 6) is -4.23. The van der Waals surface area contributed by atoms with Crippen molar-refractivity contribution in [1.29, 1.82) is 0 Å². The van der Waals surface area contributed by atoms with E-state index in [2.05, 4.69) is 30.7 Å². The Labute approximate surface area is 306 Å². The maximum absolute atomic E-state index is 15.2. The zero-order valence-corrected chi connectivity index (χ0v) is 29.7. The topological polar surface area (TPSA) is 100 Å². The molecule has 0 bridgehead atoms. The summed E-state index contributed by atoms with van der Waals surface area (Å²) >= 11 is 1.41. The highest BCUT2D eigenvalue weighted by molar-refractivity contribution is 7.14. The van der Waals surface area contributed by atoms with E-state index in [9.17, 15) is 37.1 Å². The number of carboxylic acid groups (broad SMARTS) is 1. The SMILES string of the molecule is CC(C)(C)c1ccc(C(=O)C[C@@H](Cc2ccc(-c3ncc(-c4ccc(-c5ccc(C(F)(F)F)cc5F)cc4F)cn3)cc2)C(=O)N2CC(C(=O)O)C2)s1. The van der Waals surface area contributed by atoms with Gasteiger partial charge in [0.25, 0.3) is 0 Å². The molecule has 0 aliphatic carbocycles. The summed E-state index contributed by atoms with van der Waals surface area (Å²) in [6.07, 6.45) is -1.65. The Bertz CT molecular complexity index is 2170. The largest absolute Gasteiger partial charge is 0.481 e. The lowest BCUT2D eigenvalue weighted by Crippen LogP contribution is -2.55. The van der Waals surface area contributed by atoms with Crippen LogP contribution in [-0.2, 0) is 27.6 Å². The summed E-state index contributed by atoms with van der Waals surface area (Å²) in [4.78, 5) is 50.1. The normalized spacial score (nSPS) is 14.2. The minimum atomic E-state index is -4.71. The quantitative estimate of drug-likeness (QED) is 0.113. The van der Waals surface area contributed by atoms with Crippen LogP contribution in [0.4, 0.5) is 22.0 Å². The molecule has 1 aliphatic heterocycles. The maximum atomic E-state index is 15.2. The van der Waals surface area contributed by atoms with Crippen LogP contribution in [0.1, 0.15) is 52.9 Å². The van der Waals surface area contributed by atoms with Crippen LogP contribution in [0, 0.1) is 23.5 Å². The van der Waals surface area contributed by atoms with Crippen molar-refractivity contribution in [2.24, 2.45) is 11.8 Å². The predicted octanol–water partition coefficient (Wildman–Crippen LogP) is 9.11. The van der Waals surface area contributed by atoms with Gasteiger partial charge in [-0.25, -0.2) is 18.7 Å². The second kappa shape index (κ2) is 14.6. The molecule has 1 atom stereocenters. The number of carboxylic acids is 1. The van der Waals surface area contributed by atoms with Crippen LogP contribution >= 0.6 is 11.3 Å². The Morgan fingerprint density at radius 2 is 1.43 bits per heavy atom. The Hall–Kier alpha value is -5.30. The van der Waals surface area contributed by atoms with E-state index in [-0.39, 0.29) is 59.7 Å². The fourth-order valence-corrected chi connectivity index (χ4v) is 7.08. The van der Waals surface area contributed by atoms with E-state index in [4.69, 9.17) is 0 Å². The molecule has 1 saturated heterocycles. The minimum Gasteiger partial charge on any atom is -0.481 e. The summed E-state index contributed by atoms with van der Waals surface area (Å²) in [7, 11) is 0. The van der Waals surface area contributed by atoms with Crippen LogP contribution < -0.4 is 0 Å². The number of ketones is 1. The van der Waals surface area contributed by atoms with Crippen molar-refractivity contribution >= 4 is 29.0 Å². The summed E-state index contributed by atoms with van der Waals surface area (Å²) in [5, 5.41) is 9.30. The van der Waals surface area contributed by atoms with Gasteiger partial charge in [0.1, 0.15) is 11.6 Å². The fraction of sp³-hybridized carbons (Fsp3) is 0.275. The second-order valence-electron chi connectivity index (χ2n) is 14.1. The van der Waals surface area contributed by atoms with Crippen molar-refractivity contribution < 1.29 is 41.4 Å². The smallest absolute Gasteiger partial charge is 0.416 e. The van der Waals surface area contributed by atoms with E-state index < -0.39 is 41.2 Å². The van der Waals surface area contributed by atoms with E-state index in [0.717, 1.165) is 28.6 Å². The maximum Gasteiger partial charge on any atom is 0.416 e. The molecule has 1 fully saturated rings. The molecule has 1 N–H and O–H groups in total. The fourth-order valence-electron chi connectivity index (χ4n) is 6.07. The number of rotatable bonds is 10. The van der Waals surface area contributed by atoms with Gasteiger partial charge in [0, 0.05) is 65.0 Å². The van der Waals surface area contributed by atoms with Gasteiger partial charge in [-0.2, -0.15) is 13.2 Å². The first kappa shape index (κ1) is 37.5. The summed E-state index contributed by atoms with van der Waals surface area (Å²) in [6.45, 7) is 6.38. The van der Waals surface area contributed by atoms with Crippen LogP contribution in [0.15, 0.2) is 85.2 Å². The molecule has 0 radical (unpaired) electrons. The molecule has 3 heterocycles. The van der Waals surface area contributed by atoms with Gasteiger partial charge in [0.05, 0.1) is 16.4 Å². The molecule has 0 saturated carbocycles. The van der Waals surface area contributed by atoms with E-state index >= 15 is 4.39 Å². The lowest BCUT2D eigenvalue weighted by Gasteiger charge is -2.38. The molecule has 1 amide bonds. The number of amides is 1. The van der Waals surface area contributed by atoms with E-state index in [1.54, 1.807) is 30.3 Å². The molecule has 274 valence electrons. The van der Waals surface area contributed by atoms with E-state index in [1.807, 2.05) is 6.07 Å². The van der Waals surface area contributed by atoms with Crippen LogP contribution in [0.5, 0.6) is 0 Å². The first-order valence-corrected chi connectivity index (χ1v) is 17.5. The molecule has 53 heavy (non-hydrogen) atoms. The average molecular weight is 748 g/mol. The lowest BCUT2D eigenvalue weighted by atomic mass is 9.89. The van der Waals surface area contributed by atoms with E-state index in [1.165, 1.54) is 40.8 Å². The number of nitrogens with zero attached hydrogens (tertiary/aromatic N) is 3. The molecule has 2 aromatic heterocycles. The Morgan fingerprint density at radius 1 is 0.830 bits per heavy atom. The molecule has 13 heteroatoms. The van der Waals surface area contributed by atoms with E-state index in [0.29, 0.717) is 27.9 Å². The minimum absolute atomic E-state index is 0.0275. The number of Topliss-reactive ketones (excluding diaryl/α,β-unsaturated/α-hetero) is 1. The van der Waals surface area contributed by atoms with Gasteiger partial charge in [-0.15, -0.1) is 11.3 Å². The zero-order chi connectivity index (χ0) is 38.2. The van der Waals surface area contributed by atoms with Crippen molar-refractivity contribution in [3.63, 3.8) is 0 Å². The standard InChI is InChI=1S/C40H34F5N3O4S/c1-39(2,3)35-13-12-34(53-35)33(49)16-25(37(50)48-20-27(21-48)38(51)52)14-22-4-6-23(7-5-22)36-46-18-26(19-47-36)30-10-8-24(15-31(30)41)29-11-9-28(17-32(29)42)40(43,44)45/h4-13,15,17-19,25,27H,14,16,20-21H2,1-3H3,(H,51,52)/t25-/m1/s1. The molecule has 1 aliphatic rings. The van der Waals surface area contributed by atoms with Gasteiger partial charge in [0.2, 0.25) is 5.91 Å². The molecular formula is C40H34F5N3O4S. The van der Waals surface area contributed by atoms with Gasteiger partial charge in [-0.05, 0) is 53.3 Å². The van der Waals surface area contributed by atoms with Crippen LogP contribution in [-0.4, -0.2) is 50.7 Å². The molecule has 7 nitrogen and oxygen atoms in total. The average Bonchev–Trinajstić information content (AvgIpc) is 3.59. The van der Waals surface area contributed by atoms with Crippen LogP contribution in [0.2, 0.25) is 0 Å². The number of likely N-dealkylation sites (tertiary alicyclic amines) is 1. The highest BCUT2D eigenvalue weighted by Gasteiger charge is 2.39. The molecular weight excluding hydrogens is 714 g/mol. The second-order valence-corrected chi connectivity index (χ2v) is 15.2. The number of carbonyl (C=O) groups is 3. The molecule has 3 aromatic carbocycles. The first-order chi connectivity index (χ1) is 25.0. The summed E-state index contributed by atoms with van der Waals surface area (Å²) < 4.78 is 68.5. The van der Waals surface area contributed by atoms with Crippen LogP contribution in [0.3, 0.4) is 0 Å². The van der Waals surface area contributed by atoms with Crippen molar-refractivity contribution in [2.75, 3.05) is 13.1 Å². The zero-order valence-electron chi connectivity index (χ0n) is 28.9.